The molecule has 2 aromatic carbocycles. The second-order valence-corrected chi connectivity index (χ2v) is 6.70. The Bertz CT molecular complexity index is 994. The third-order valence-electron chi connectivity index (χ3n) is 3.98. The van der Waals surface area contributed by atoms with Crippen LogP contribution in [0, 0.1) is 11.3 Å². The predicted molar refractivity (Wildman–Crippen MR) is 104 cm³/mol. The van der Waals surface area contributed by atoms with Gasteiger partial charge in [0.25, 0.3) is 5.91 Å². The summed E-state index contributed by atoms with van der Waals surface area (Å²) < 4.78 is 6.26. The van der Waals surface area contributed by atoms with E-state index in [9.17, 15) is 9.59 Å². The Labute approximate surface area is 160 Å². The zero-order valence-electron chi connectivity index (χ0n) is 14.7. The van der Waals surface area contributed by atoms with Gasteiger partial charge in [0.15, 0.2) is 6.10 Å². The molecule has 136 valence electrons. The number of fused-ring (bicyclic) bond motifs is 1. The van der Waals surface area contributed by atoms with Gasteiger partial charge in [-0.3, -0.25) is 4.79 Å². The molecule has 7 heteroatoms. The van der Waals surface area contributed by atoms with Gasteiger partial charge in [-0.1, -0.05) is 18.2 Å². The number of aromatic nitrogens is 1. The first kappa shape index (κ1) is 18.5. The van der Waals surface area contributed by atoms with Crippen molar-refractivity contribution >= 4 is 39.1 Å². The molecule has 1 heterocycles. The van der Waals surface area contributed by atoms with E-state index in [0.717, 1.165) is 10.2 Å². The minimum absolute atomic E-state index is 0.184. The molecule has 0 radical (unpaired) electrons. The molecule has 0 saturated heterocycles. The molecule has 0 aliphatic heterocycles. The standard InChI is InChI=1S/C20H17N3O3S/c1-14(19(24)23(11-5-10-21)16-6-3-2-4-7-16)26-20(25)15-8-9-17-18(12-15)27-13-22-17/h2-4,6-9,12-14H,5,11H2,1H3/t14-/m1/s1. The van der Waals surface area contributed by atoms with Crippen molar-refractivity contribution in [3.63, 3.8) is 0 Å². The highest BCUT2D eigenvalue weighted by molar-refractivity contribution is 7.16. The average Bonchev–Trinajstić information content (AvgIpc) is 3.16. The molecule has 0 spiro atoms. The minimum atomic E-state index is -0.978. The van der Waals surface area contributed by atoms with Crippen LogP contribution in [0.2, 0.25) is 0 Å². The number of thiazole rings is 1. The number of nitriles is 1. The van der Waals surface area contributed by atoms with Crippen LogP contribution in [0.5, 0.6) is 0 Å². The van der Waals surface area contributed by atoms with Gasteiger partial charge < -0.3 is 9.64 Å². The molecule has 3 aromatic rings. The van der Waals surface area contributed by atoms with Gasteiger partial charge in [-0.2, -0.15) is 5.26 Å². The number of hydrogen-bond acceptors (Lipinski definition) is 6. The molecule has 0 unspecified atom stereocenters. The third-order valence-corrected chi connectivity index (χ3v) is 4.77. The number of carbonyl (C=O) groups excluding carboxylic acids is 2. The molecule has 0 aliphatic carbocycles. The smallest absolute Gasteiger partial charge is 0.338 e. The number of amides is 1. The van der Waals surface area contributed by atoms with E-state index in [1.807, 2.05) is 24.3 Å². The fraction of sp³-hybridized carbons (Fsp3) is 0.200. The maximum absolute atomic E-state index is 12.8. The Morgan fingerprint density at radius 3 is 2.78 bits per heavy atom. The van der Waals surface area contributed by atoms with Crippen LogP contribution in [0.1, 0.15) is 23.7 Å². The number of para-hydroxylation sites is 1. The first-order valence-corrected chi connectivity index (χ1v) is 9.25. The molecule has 6 nitrogen and oxygen atoms in total. The van der Waals surface area contributed by atoms with Crippen molar-refractivity contribution in [2.45, 2.75) is 19.4 Å². The summed E-state index contributed by atoms with van der Waals surface area (Å²) >= 11 is 1.43. The topological polar surface area (TPSA) is 83.3 Å². The lowest BCUT2D eigenvalue weighted by atomic mass is 10.2. The third kappa shape index (κ3) is 4.30. The fourth-order valence-corrected chi connectivity index (χ4v) is 3.33. The summed E-state index contributed by atoms with van der Waals surface area (Å²) in [4.78, 5) is 30.9. The Morgan fingerprint density at radius 1 is 1.26 bits per heavy atom. The Hall–Kier alpha value is -3.24. The number of rotatable bonds is 6. The summed E-state index contributed by atoms with van der Waals surface area (Å²) in [5.74, 6) is -0.942. The van der Waals surface area contributed by atoms with Gasteiger partial charge in [0.1, 0.15) is 0 Å². The van der Waals surface area contributed by atoms with Crippen LogP contribution in [0.25, 0.3) is 10.2 Å². The maximum atomic E-state index is 12.8. The van der Waals surface area contributed by atoms with Crippen LogP contribution in [0.4, 0.5) is 5.69 Å². The second kappa shape index (κ2) is 8.43. The van der Waals surface area contributed by atoms with Crippen LogP contribution < -0.4 is 4.90 Å². The molecule has 0 fully saturated rings. The van der Waals surface area contributed by atoms with E-state index < -0.39 is 12.1 Å². The molecule has 0 bridgehead atoms. The van der Waals surface area contributed by atoms with E-state index in [1.165, 1.54) is 23.2 Å². The van der Waals surface area contributed by atoms with E-state index in [1.54, 1.807) is 35.8 Å². The Morgan fingerprint density at radius 2 is 2.04 bits per heavy atom. The minimum Gasteiger partial charge on any atom is -0.449 e. The van der Waals surface area contributed by atoms with Gasteiger partial charge in [0, 0.05) is 12.2 Å². The molecular formula is C20H17N3O3S. The first-order valence-electron chi connectivity index (χ1n) is 8.38. The van der Waals surface area contributed by atoms with E-state index in [0.29, 0.717) is 11.3 Å². The number of ether oxygens (including phenoxy) is 1. The highest BCUT2D eigenvalue weighted by Crippen LogP contribution is 2.21. The second-order valence-electron chi connectivity index (χ2n) is 5.82. The van der Waals surface area contributed by atoms with Crippen LogP contribution in [0.15, 0.2) is 54.0 Å². The molecular weight excluding hydrogens is 362 g/mol. The van der Waals surface area contributed by atoms with Gasteiger partial charge in [-0.05, 0) is 37.3 Å². The molecule has 1 amide bonds. The first-order chi connectivity index (χ1) is 13.1. The quantitative estimate of drug-likeness (QED) is 0.609. The average molecular weight is 379 g/mol. The van der Waals surface area contributed by atoms with Crippen LogP contribution in [-0.4, -0.2) is 29.5 Å². The van der Waals surface area contributed by atoms with Gasteiger partial charge in [0.2, 0.25) is 0 Å². The number of anilines is 1. The summed E-state index contributed by atoms with van der Waals surface area (Å²) in [5, 5.41) is 8.87. The molecule has 3 rings (SSSR count). The summed E-state index contributed by atoms with van der Waals surface area (Å²) in [5.41, 5.74) is 3.55. The lowest BCUT2D eigenvalue weighted by molar-refractivity contribution is -0.126. The summed E-state index contributed by atoms with van der Waals surface area (Å²) in [6.07, 6.45) is -0.794. The maximum Gasteiger partial charge on any atom is 0.338 e. The summed E-state index contributed by atoms with van der Waals surface area (Å²) in [7, 11) is 0. The van der Waals surface area contributed by atoms with E-state index in [-0.39, 0.29) is 18.9 Å². The number of hydrogen-bond donors (Lipinski definition) is 0. The molecule has 0 aliphatic rings. The van der Waals surface area contributed by atoms with E-state index in [4.69, 9.17) is 10.00 Å². The van der Waals surface area contributed by atoms with Gasteiger partial charge >= 0.3 is 5.97 Å². The Balaban J connectivity index is 1.74. The SMILES string of the molecule is C[C@@H](OC(=O)c1ccc2ncsc2c1)C(=O)N(CCC#N)c1ccccc1. The zero-order valence-corrected chi connectivity index (χ0v) is 15.5. The van der Waals surface area contributed by atoms with Gasteiger partial charge in [-0.25, -0.2) is 9.78 Å². The Kier molecular flexibility index (Phi) is 5.79. The van der Waals surface area contributed by atoms with Crippen molar-refractivity contribution in [2.24, 2.45) is 0 Å². The van der Waals surface area contributed by atoms with E-state index >= 15 is 0 Å². The number of esters is 1. The molecule has 1 aromatic heterocycles. The zero-order chi connectivity index (χ0) is 19.2. The van der Waals surface area contributed by atoms with Crippen molar-refractivity contribution in [3.05, 3.63) is 59.6 Å². The van der Waals surface area contributed by atoms with Crippen molar-refractivity contribution < 1.29 is 14.3 Å². The lowest BCUT2D eigenvalue weighted by Gasteiger charge is -2.25. The van der Waals surface area contributed by atoms with Crippen molar-refractivity contribution in [1.29, 1.82) is 5.26 Å². The molecule has 27 heavy (non-hydrogen) atoms. The number of benzene rings is 2. The lowest BCUT2D eigenvalue weighted by Crippen LogP contribution is -2.40. The van der Waals surface area contributed by atoms with Crippen LogP contribution >= 0.6 is 11.3 Å². The van der Waals surface area contributed by atoms with Crippen molar-refractivity contribution in [1.82, 2.24) is 4.98 Å². The van der Waals surface area contributed by atoms with Crippen LogP contribution in [-0.2, 0) is 9.53 Å². The number of nitrogens with zero attached hydrogens (tertiary/aromatic N) is 3. The fourth-order valence-electron chi connectivity index (χ4n) is 2.62. The summed E-state index contributed by atoms with van der Waals surface area (Å²) in [6.45, 7) is 1.77. The van der Waals surface area contributed by atoms with Gasteiger partial charge in [0.05, 0.1) is 33.8 Å². The molecule has 0 N–H and O–H groups in total. The summed E-state index contributed by atoms with van der Waals surface area (Å²) in [6, 6.07) is 16.1. The normalized spacial score (nSPS) is 11.6. The molecule has 1 atom stereocenters. The molecule has 0 saturated carbocycles. The number of carbonyl (C=O) groups is 2. The van der Waals surface area contributed by atoms with Crippen molar-refractivity contribution in [3.8, 4) is 6.07 Å². The monoisotopic (exact) mass is 379 g/mol. The highest BCUT2D eigenvalue weighted by atomic mass is 32.1. The largest absolute Gasteiger partial charge is 0.449 e. The van der Waals surface area contributed by atoms with Crippen LogP contribution in [0.3, 0.4) is 0 Å². The van der Waals surface area contributed by atoms with Crippen molar-refractivity contribution in [2.75, 3.05) is 11.4 Å². The van der Waals surface area contributed by atoms with E-state index in [2.05, 4.69) is 4.98 Å². The predicted octanol–water partition coefficient (Wildman–Crippen LogP) is 3.79. The highest BCUT2D eigenvalue weighted by Gasteiger charge is 2.25. The van der Waals surface area contributed by atoms with Gasteiger partial charge in [-0.15, -0.1) is 11.3 Å².